The molecule has 0 amide bonds. The average molecular weight is 264 g/mol. The van der Waals surface area contributed by atoms with Crippen LogP contribution in [0.4, 0.5) is 0 Å². The van der Waals surface area contributed by atoms with E-state index in [0.717, 1.165) is 26.2 Å². The van der Waals surface area contributed by atoms with E-state index in [9.17, 15) is 4.79 Å². The van der Waals surface area contributed by atoms with E-state index >= 15 is 0 Å². The third kappa shape index (κ3) is 2.32. The van der Waals surface area contributed by atoms with Gasteiger partial charge in [0.05, 0.1) is 6.42 Å². The molecule has 4 bridgehead atoms. The highest BCUT2D eigenvalue weighted by Gasteiger charge is 2.49. The van der Waals surface area contributed by atoms with E-state index in [1.165, 1.54) is 31.5 Å². The smallest absolute Gasteiger partial charge is 0.307 e. The van der Waals surface area contributed by atoms with Gasteiger partial charge in [-0.05, 0) is 6.42 Å². The second-order valence-corrected chi connectivity index (χ2v) is 6.45. The monoisotopic (exact) mass is 264 g/mol. The number of nitrogens with zero attached hydrogens (tertiary/aromatic N) is 2. The molecule has 0 saturated carbocycles. The predicted octanol–water partition coefficient (Wildman–Crippen LogP) is 1.44. The van der Waals surface area contributed by atoms with Crippen LogP contribution in [0, 0.1) is 11.3 Å². The molecule has 4 saturated heterocycles. The Labute approximate surface area is 115 Å². The van der Waals surface area contributed by atoms with Crippen molar-refractivity contribution in [3.05, 3.63) is 11.6 Å². The molecule has 19 heavy (non-hydrogen) atoms. The van der Waals surface area contributed by atoms with Crippen molar-refractivity contribution in [2.24, 2.45) is 11.3 Å². The highest BCUT2D eigenvalue weighted by atomic mass is 16.4. The summed E-state index contributed by atoms with van der Waals surface area (Å²) in [6.07, 6.45) is 4.61. The van der Waals surface area contributed by atoms with Crippen molar-refractivity contribution in [2.45, 2.75) is 26.2 Å². The average Bonchev–Trinajstić information content (AvgIpc) is 2.56. The molecule has 4 aliphatic heterocycles. The lowest BCUT2D eigenvalue weighted by Gasteiger charge is -2.52. The minimum absolute atomic E-state index is 0.192. The zero-order chi connectivity index (χ0) is 13.5. The maximum atomic E-state index is 10.9. The molecule has 0 aromatic carbocycles. The van der Waals surface area contributed by atoms with Gasteiger partial charge in [-0.3, -0.25) is 4.79 Å². The molecule has 4 aliphatic rings. The Hall–Kier alpha value is -0.870. The summed E-state index contributed by atoms with van der Waals surface area (Å²) in [5, 5.41) is 8.97. The number of hydrogen-bond acceptors (Lipinski definition) is 3. The lowest BCUT2D eigenvalue weighted by Crippen LogP contribution is -2.56. The maximum absolute atomic E-state index is 10.9. The van der Waals surface area contributed by atoms with Crippen molar-refractivity contribution < 1.29 is 9.90 Å². The van der Waals surface area contributed by atoms with Crippen molar-refractivity contribution >= 4 is 5.97 Å². The molecular formula is C15H24N2O2. The van der Waals surface area contributed by atoms with Crippen molar-refractivity contribution in [2.75, 3.05) is 39.3 Å². The van der Waals surface area contributed by atoms with E-state index in [-0.39, 0.29) is 11.8 Å². The first kappa shape index (κ1) is 13.1. The van der Waals surface area contributed by atoms with E-state index in [2.05, 4.69) is 16.7 Å². The van der Waals surface area contributed by atoms with Crippen LogP contribution in [0.2, 0.25) is 0 Å². The van der Waals surface area contributed by atoms with E-state index in [1.54, 1.807) is 0 Å². The minimum Gasteiger partial charge on any atom is -0.481 e. The summed E-state index contributed by atoms with van der Waals surface area (Å²) in [5.41, 5.74) is 1.70. The Bertz CT molecular complexity index is 389. The molecule has 2 unspecified atom stereocenters. The maximum Gasteiger partial charge on any atom is 0.307 e. The van der Waals surface area contributed by atoms with Gasteiger partial charge in [0, 0.05) is 50.6 Å². The molecule has 1 N–H and O–H groups in total. The largest absolute Gasteiger partial charge is 0.481 e. The summed E-state index contributed by atoms with van der Waals surface area (Å²) in [5.74, 6) is -0.137. The molecule has 106 valence electrons. The molecule has 4 rings (SSSR count). The number of rotatable bonds is 4. The molecule has 0 radical (unpaired) electrons. The van der Waals surface area contributed by atoms with E-state index in [1.807, 2.05) is 6.08 Å². The highest BCUT2D eigenvalue weighted by Crippen LogP contribution is 2.47. The molecule has 0 aromatic rings. The van der Waals surface area contributed by atoms with Gasteiger partial charge in [0.2, 0.25) is 0 Å². The van der Waals surface area contributed by atoms with Crippen LogP contribution < -0.4 is 0 Å². The van der Waals surface area contributed by atoms with Gasteiger partial charge in [-0.15, -0.1) is 0 Å². The van der Waals surface area contributed by atoms with Crippen LogP contribution in [0.25, 0.3) is 0 Å². The number of carbonyl (C=O) groups is 1. The van der Waals surface area contributed by atoms with Crippen LogP contribution in [-0.4, -0.2) is 60.1 Å². The molecular weight excluding hydrogens is 240 g/mol. The van der Waals surface area contributed by atoms with Gasteiger partial charge in [-0.1, -0.05) is 25.0 Å². The van der Waals surface area contributed by atoms with Gasteiger partial charge < -0.3 is 14.9 Å². The molecule has 4 heterocycles. The van der Waals surface area contributed by atoms with Crippen molar-refractivity contribution in [1.82, 2.24) is 9.80 Å². The van der Waals surface area contributed by atoms with Crippen molar-refractivity contribution in [1.29, 1.82) is 0 Å². The molecule has 4 heteroatoms. The normalized spacial score (nSPS) is 42.6. The summed E-state index contributed by atoms with van der Waals surface area (Å²) in [7, 11) is 0. The van der Waals surface area contributed by atoms with Crippen molar-refractivity contribution in [3.63, 3.8) is 0 Å². The Morgan fingerprint density at radius 3 is 2.53 bits per heavy atom. The molecule has 0 spiro atoms. The molecule has 2 atom stereocenters. The zero-order valence-electron chi connectivity index (χ0n) is 11.8. The number of hydrogen-bond donors (Lipinski definition) is 1. The van der Waals surface area contributed by atoms with Gasteiger partial charge >= 0.3 is 5.97 Å². The number of fused-ring (bicyclic) bond motifs is 1. The SMILES string of the molecule is CCCC12CN3CCN(CC(C3)/C1=C\CC(=O)O)C2. The third-order valence-corrected chi connectivity index (χ3v) is 5.02. The van der Waals surface area contributed by atoms with Gasteiger partial charge in [0.1, 0.15) is 0 Å². The van der Waals surface area contributed by atoms with Crippen LogP contribution in [0.5, 0.6) is 0 Å². The minimum atomic E-state index is -0.702. The first-order chi connectivity index (χ1) is 9.13. The summed E-state index contributed by atoms with van der Waals surface area (Å²) >= 11 is 0. The zero-order valence-corrected chi connectivity index (χ0v) is 11.8. The third-order valence-electron chi connectivity index (χ3n) is 5.02. The van der Waals surface area contributed by atoms with Crippen LogP contribution in [-0.2, 0) is 4.79 Å². The predicted molar refractivity (Wildman–Crippen MR) is 74.0 cm³/mol. The number of carboxylic acids is 1. The van der Waals surface area contributed by atoms with Gasteiger partial charge in [-0.25, -0.2) is 0 Å². The van der Waals surface area contributed by atoms with E-state index in [0.29, 0.717) is 5.92 Å². The molecule has 0 aliphatic carbocycles. The highest BCUT2D eigenvalue weighted by molar-refractivity contribution is 5.69. The fourth-order valence-corrected chi connectivity index (χ4v) is 4.51. The summed E-state index contributed by atoms with van der Waals surface area (Å²) in [6, 6.07) is 0. The van der Waals surface area contributed by atoms with E-state index < -0.39 is 5.97 Å². The Balaban J connectivity index is 1.93. The number of carboxylic acid groups (broad SMARTS) is 1. The molecule has 0 aromatic heterocycles. The van der Waals surface area contributed by atoms with Crippen LogP contribution >= 0.6 is 0 Å². The van der Waals surface area contributed by atoms with Gasteiger partial charge in [-0.2, -0.15) is 0 Å². The quantitative estimate of drug-likeness (QED) is 0.780. The van der Waals surface area contributed by atoms with Crippen molar-refractivity contribution in [3.8, 4) is 0 Å². The topological polar surface area (TPSA) is 43.8 Å². The van der Waals surface area contributed by atoms with Gasteiger partial charge in [0.25, 0.3) is 0 Å². The first-order valence-corrected chi connectivity index (χ1v) is 7.50. The molecule has 4 nitrogen and oxygen atoms in total. The summed E-state index contributed by atoms with van der Waals surface area (Å²) in [4.78, 5) is 16.1. The number of aliphatic carboxylic acids is 1. The molecule has 4 fully saturated rings. The van der Waals surface area contributed by atoms with Crippen LogP contribution in [0.3, 0.4) is 0 Å². The van der Waals surface area contributed by atoms with Crippen LogP contribution in [0.1, 0.15) is 26.2 Å². The van der Waals surface area contributed by atoms with Gasteiger partial charge in [0.15, 0.2) is 0 Å². The fourth-order valence-electron chi connectivity index (χ4n) is 4.51. The summed E-state index contributed by atoms with van der Waals surface area (Å²) in [6.45, 7) is 9.16. The number of piperidine rings is 2. The summed E-state index contributed by atoms with van der Waals surface area (Å²) < 4.78 is 0. The van der Waals surface area contributed by atoms with E-state index in [4.69, 9.17) is 5.11 Å². The standard InChI is InChI=1S/C15H24N2O2/c1-2-5-15-10-16-6-7-17(11-15)9-12(8-16)13(15)3-4-14(18)19/h3,12H,2,4-11H2,1H3,(H,18,19)/b13-3+. The fraction of sp³-hybridized carbons (Fsp3) is 0.800. The van der Waals surface area contributed by atoms with Crippen LogP contribution in [0.15, 0.2) is 11.6 Å². The Kier molecular flexibility index (Phi) is 3.39. The Morgan fingerprint density at radius 1 is 1.37 bits per heavy atom. The lowest BCUT2D eigenvalue weighted by molar-refractivity contribution is -0.136. The second kappa shape index (κ2) is 4.91. The Morgan fingerprint density at radius 2 is 2.00 bits per heavy atom. The first-order valence-electron chi connectivity index (χ1n) is 7.50. The second-order valence-electron chi connectivity index (χ2n) is 6.45. The lowest BCUT2D eigenvalue weighted by atomic mass is 9.65.